The molecule has 1 atom stereocenters. The molecule has 1 aromatic rings. The van der Waals surface area contributed by atoms with Crippen LogP contribution in [0.1, 0.15) is 44.2 Å². The molecule has 1 saturated heterocycles. The van der Waals surface area contributed by atoms with Gasteiger partial charge in [0.2, 0.25) is 0 Å². The maximum atomic E-state index is 13.0. The largest absolute Gasteiger partial charge is 0.465 e. The molecule has 0 saturated carbocycles. The number of nitrogens with zero attached hydrogens (tertiary/aromatic N) is 1. The van der Waals surface area contributed by atoms with E-state index in [0.717, 1.165) is 37.8 Å². The van der Waals surface area contributed by atoms with Crippen LogP contribution in [0.15, 0.2) is 24.3 Å². The normalized spacial score (nSPS) is 19.2. The Bertz CT molecular complexity index is 433. The summed E-state index contributed by atoms with van der Waals surface area (Å²) in [5, 5.41) is 0. The molecule has 1 heterocycles. The lowest BCUT2D eigenvalue weighted by Gasteiger charge is -2.23. The summed E-state index contributed by atoms with van der Waals surface area (Å²) in [5.74, 6) is -0.385. The Morgan fingerprint density at radius 3 is 2.85 bits per heavy atom. The SMILES string of the molecule is CCCCOC(=O)CN1CCCC1c1ccc(F)cc1. The first-order valence-corrected chi connectivity index (χ1v) is 7.36. The molecule has 110 valence electrons. The van der Waals surface area contributed by atoms with Crippen LogP contribution >= 0.6 is 0 Å². The van der Waals surface area contributed by atoms with E-state index in [-0.39, 0.29) is 17.8 Å². The lowest BCUT2D eigenvalue weighted by Crippen LogP contribution is -2.30. The van der Waals surface area contributed by atoms with Gasteiger partial charge in [-0.2, -0.15) is 0 Å². The van der Waals surface area contributed by atoms with Gasteiger partial charge in [0.05, 0.1) is 13.2 Å². The number of hydrogen-bond acceptors (Lipinski definition) is 3. The minimum atomic E-state index is -0.225. The molecule has 1 fully saturated rings. The molecular weight excluding hydrogens is 257 g/mol. The van der Waals surface area contributed by atoms with Crippen molar-refractivity contribution < 1.29 is 13.9 Å². The van der Waals surface area contributed by atoms with Gasteiger partial charge in [-0.15, -0.1) is 0 Å². The van der Waals surface area contributed by atoms with Crippen LogP contribution in [0.3, 0.4) is 0 Å². The van der Waals surface area contributed by atoms with Gasteiger partial charge in [0.15, 0.2) is 0 Å². The third kappa shape index (κ3) is 4.04. The number of rotatable bonds is 6. The summed E-state index contributed by atoms with van der Waals surface area (Å²) in [6.07, 6.45) is 4.00. The molecule has 0 radical (unpaired) electrons. The van der Waals surface area contributed by atoms with E-state index in [1.54, 1.807) is 12.1 Å². The van der Waals surface area contributed by atoms with Crippen molar-refractivity contribution in [3.05, 3.63) is 35.6 Å². The number of unbranched alkanes of at least 4 members (excludes halogenated alkanes) is 1. The number of likely N-dealkylation sites (tertiary alicyclic amines) is 1. The number of carbonyl (C=O) groups excluding carboxylic acids is 1. The Hall–Kier alpha value is -1.42. The Morgan fingerprint density at radius 2 is 2.15 bits per heavy atom. The van der Waals surface area contributed by atoms with Crippen molar-refractivity contribution in [1.29, 1.82) is 0 Å². The van der Waals surface area contributed by atoms with E-state index in [1.807, 2.05) is 0 Å². The molecule has 0 bridgehead atoms. The van der Waals surface area contributed by atoms with Crippen LogP contribution in [0.2, 0.25) is 0 Å². The zero-order valence-corrected chi connectivity index (χ0v) is 12.0. The minimum Gasteiger partial charge on any atom is -0.465 e. The second kappa shape index (κ2) is 7.39. The van der Waals surface area contributed by atoms with Crippen LogP contribution in [-0.2, 0) is 9.53 Å². The van der Waals surface area contributed by atoms with Crippen molar-refractivity contribution in [3.8, 4) is 0 Å². The molecule has 1 aliphatic heterocycles. The molecule has 4 heteroatoms. The lowest BCUT2D eigenvalue weighted by molar-refractivity contribution is -0.145. The number of esters is 1. The van der Waals surface area contributed by atoms with Crippen molar-refractivity contribution in [2.75, 3.05) is 19.7 Å². The molecule has 3 nitrogen and oxygen atoms in total. The highest BCUT2D eigenvalue weighted by Crippen LogP contribution is 2.31. The fourth-order valence-corrected chi connectivity index (χ4v) is 2.62. The van der Waals surface area contributed by atoms with Crippen LogP contribution in [0.25, 0.3) is 0 Å². The molecule has 1 aromatic carbocycles. The lowest BCUT2D eigenvalue weighted by atomic mass is 10.0. The van der Waals surface area contributed by atoms with Gasteiger partial charge in [-0.25, -0.2) is 4.39 Å². The van der Waals surface area contributed by atoms with Crippen LogP contribution in [0, 0.1) is 5.82 Å². The van der Waals surface area contributed by atoms with Gasteiger partial charge in [-0.1, -0.05) is 25.5 Å². The summed E-state index contributed by atoms with van der Waals surface area (Å²) in [7, 11) is 0. The average molecular weight is 279 g/mol. The standard InChI is InChI=1S/C16H22FNO2/c1-2-3-11-20-16(19)12-18-10-4-5-15(18)13-6-8-14(17)9-7-13/h6-9,15H,2-5,10-12H2,1H3. The van der Waals surface area contributed by atoms with Crippen LogP contribution in [-0.4, -0.2) is 30.6 Å². The maximum absolute atomic E-state index is 13.0. The van der Waals surface area contributed by atoms with E-state index < -0.39 is 0 Å². The molecule has 0 aliphatic carbocycles. The van der Waals surface area contributed by atoms with Crippen molar-refractivity contribution in [1.82, 2.24) is 4.90 Å². The Kier molecular flexibility index (Phi) is 5.53. The zero-order valence-electron chi connectivity index (χ0n) is 12.0. The van der Waals surface area contributed by atoms with Gasteiger partial charge in [0, 0.05) is 6.04 Å². The second-order valence-corrected chi connectivity index (χ2v) is 5.25. The average Bonchev–Trinajstić information content (AvgIpc) is 2.88. The van der Waals surface area contributed by atoms with Crippen molar-refractivity contribution >= 4 is 5.97 Å². The molecule has 0 N–H and O–H groups in total. The molecule has 1 unspecified atom stereocenters. The van der Waals surface area contributed by atoms with Gasteiger partial charge >= 0.3 is 5.97 Å². The summed E-state index contributed by atoms with van der Waals surface area (Å²) >= 11 is 0. The summed E-state index contributed by atoms with van der Waals surface area (Å²) < 4.78 is 18.2. The van der Waals surface area contributed by atoms with Crippen LogP contribution in [0.4, 0.5) is 4.39 Å². The first-order valence-electron chi connectivity index (χ1n) is 7.36. The third-order valence-corrected chi connectivity index (χ3v) is 3.71. The quantitative estimate of drug-likeness (QED) is 0.591. The highest BCUT2D eigenvalue weighted by atomic mass is 19.1. The molecule has 0 spiro atoms. The number of benzene rings is 1. The Labute approximate surface area is 119 Å². The van der Waals surface area contributed by atoms with E-state index in [4.69, 9.17) is 4.74 Å². The Morgan fingerprint density at radius 1 is 1.40 bits per heavy atom. The van der Waals surface area contributed by atoms with E-state index in [9.17, 15) is 9.18 Å². The summed E-state index contributed by atoms with van der Waals surface area (Å²) in [4.78, 5) is 13.9. The van der Waals surface area contributed by atoms with Gasteiger partial charge in [-0.05, 0) is 43.5 Å². The van der Waals surface area contributed by atoms with Crippen molar-refractivity contribution in [3.63, 3.8) is 0 Å². The van der Waals surface area contributed by atoms with Gasteiger partial charge in [-0.3, -0.25) is 9.69 Å². The Balaban J connectivity index is 1.90. The maximum Gasteiger partial charge on any atom is 0.320 e. The molecule has 1 aliphatic rings. The van der Waals surface area contributed by atoms with E-state index >= 15 is 0 Å². The van der Waals surface area contributed by atoms with Crippen molar-refractivity contribution in [2.24, 2.45) is 0 Å². The second-order valence-electron chi connectivity index (χ2n) is 5.25. The van der Waals surface area contributed by atoms with Gasteiger partial charge < -0.3 is 4.74 Å². The number of ether oxygens (including phenoxy) is 1. The number of halogens is 1. The van der Waals surface area contributed by atoms with E-state index in [1.165, 1.54) is 12.1 Å². The summed E-state index contributed by atoms with van der Waals surface area (Å²) in [5.41, 5.74) is 1.07. The van der Waals surface area contributed by atoms with Crippen LogP contribution < -0.4 is 0 Å². The molecule has 2 rings (SSSR count). The molecular formula is C16H22FNO2. The highest BCUT2D eigenvalue weighted by molar-refractivity contribution is 5.71. The summed E-state index contributed by atoms with van der Waals surface area (Å²) in [6.45, 7) is 3.79. The van der Waals surface area contributed by atoms with Gasteiger partial charge in [0.25, 0.3) is 0 Å². The first kappa shape index (κ1) is 15.0. The van der Waals surface area contributed by atoms with Gasteiger partial charge in [0.1, 0.15) is 5.82 Å². The highest BCUT2D eigenvalue weighted by Gasteiger charge is 2.27. The smallest absolute Gasteiger partial charge is 0.320 e. The molecule has 20 heavy (non-hydrogen) atoms. The van der Waals surface area contributed by atoms with Crippen molar-refractivity contribution in [2.45, 2.75) is 38.6 Å². The third-order valence-electron chi connectivity index (χ3n) is 3.71. The predicted octanol–water partition coefficient (Wildman–Crippen LogP) is 3.31. The number of carbonyl (C=O) groups is 1. The predicted molar refractivity (Wildman–Crippen MR) is 75.8 cm³/mol. The fraction of sp³-hybridized carbons (Fsp3) is 0.562. The first-order chi connectivity index (χ1) is 9.70. The number of hydrogen-bond donors (Lipinski definition) is 0. The zero-order chi connectivity index (χ0) is 14.4. The summed E-state index contributed by atoms with van der Waals surface area (Å²) in [6, 6.07) is 6.77. The molecule has 0 amide bonds. The topological polar surface area (TPSA) is 29.5 Å². The van der Waals surface area contributed by atoms with E-state index in [0.29, 0.717) is 13.2 Å². The fourth-order valence-electron chi connectivity index (χ4n) is 2.62. The molecule has 0 aromatic heterocycles. The monoisotopic (exact) mass is 279 g/mol. The van der Waals surface area contributed by atoms with E-state index in [2.05, 4.69) is 11.8 Å². The van der Waals surface area contributed by atoms with Crippen LogP contribution in [0.5, 0.6) is 0 Å². The minimum absolute atomic E-state index is 0.160.